The zero-order valence-corrected chi connectivity index (χ0v) is 17.5. The number of thioether (sulfide) groups is 1. The zero-order chi connectivity index (χ0) is 21.4. The van der Waals surface area contributed by atoms with Crippen molar-refractivity contribution in [3.05, 3.63) is 64.4 Å². The molecule has 1 heterocycles. The lowest BCUT2D eigenvalue weighted by molar-refractivity contribution is -0.109. The van der Waals surface area contributed by atoms with Crippen molar-refractivity contribution in [3.63, 3.8) is 0 Å². The fraction of sp³-hybridized carbons (Fsp3) is 0.435. The van der Waals surface area contributed by atoms with Gasteiger partial charge in [-0.15, -0.1) is 0 Å². The first-order chi connectivity index (χ1) is 14.5. The SMILES string of the molecule is O=CNCCC1(CCCC2=CCC=C(SC(F)F)C=C2)CCc2cc(F)ccc2O1. The second kappa shape index (κ2) is 10.8. The second-order valence-electron chi connectivity index (χ2n) is 7.55. The van der Waals surface area contributed by atoms with Gasteiger partial charge in [0.25, 0.3) is 5.76 Å². The van der Waals surface area contributed by atoms with Gasteiger partial charge in [0.05, 0.1) is 0 Å². The number of rotatable bonds is 10. The van der Waals surface area contributed by atoms with Crippen LogP contribution in [0.4, 0.5) is 13.2 Å². The molecule has 1 aliphatic heterocycles. The Morgan fingerprint density at radius 1 is 1.23 bits per heavy atom. The third kappa shape index (κ3) is 6.42. The maximum atomic E-state index is 13.5. The largest absolute Gasteiger partial charge is 0.487 e. The number of ether oxygens (including phenoxy) is 1. The Morgan fingerprint density at radius 2 is 2.10 bits per heavy atom. The highest BCUT2D eigenvalue weighted by atomic mass is 32.2. The molecule has 1 unspecified atom stereocenters. The van der Waals surface area contributed by atoms with E-state index in [0.29, 0.717) is 48.2 Å². The van der Waals surface area contributed by atoms with E-state index >= 15 is 0 Å². The smallest absolute Gasteiger partial charge is 0.288 e. The minimum absolute atomic E-state index is 0.266. The summed E-state index contributed by atoms with van der Waals surface area (Å²) in [5.74, 6) is -1.97. The summed E-state index contributed by atoms with van der Waals surface area (Å²) in [4.78, 5) is 11.3. The van der Waals surface area contributed by atoms with E-state index in [1.54, 1.807) is 12.1 Å². The molecule has 0 fully saturated rings. The summed E-state index contributed by atoms with van der Waals surface area (Å²) >= 11 is 0.568. The van der Waals surface area contributed by atoms with Gasteiger partial charge in [-0.3, -0.25) is 4.79 Å². The lowest BCUT2D eigenvalue weighted by Crippen LogP contribution is -2.42. The lowest BCUT2D eigenvalue weighted by atomic mass is 9.83. The molecule has 0 saturated carbocycles. The Balaban J connectivity index is 1.60. The fourth-order valence-electron chi connectivity index (χ4n) is 3.97. The summed E-state index contributed by atoms with van der Waals surface area (Å²) in [5.41, 5.74) is 1.58. The van der Waals surface area contributed by atoms with Crippen LogP contribution >= 0.6 is 11.8 Å². The number of fused-ring (bicyclic) bond motifs is 1. The van der Waals surface area contributed by atoms with E-state index in [1.165, 1.54) is 12.1 Å². The van der Waals surface area contributed by atoms with Crippen molar-refractivity contribution in [1.29, 1.82) is 0 Å². The van der Waals surface area contributed by atoms with Crippen molar-refractivity contribution in [2.45, 2.75) is 56.3 Å². The number of nitrogens with one attached hydrogen (secondary N) is 1. The van der Waals surface area contributed by atoms with Gasteiger partial charge in [-0.2, -0.15) is 8.78 Å². The van der Waals surface area contributed by atoms with Crippen molar-refractivity contribution in [1.82, 2.24) is 5.32 Å². The van der Waals surface area contributed by atoms with Crippen LogP contribution in [0, 0.1) is 5.82 Å². The van der Waals surface area contributed by atoms with E-state index in [1.807, 2.05) is 12.2 Å². The predicted molar refractivity (Wildman–Crippen MR) is 114 cm³/mol. The minimum atomic E-state index is -2.41. The molecule has 2 aliphatic rings. The number of hydrogen-bond acceptors (Lipinski definition) is 3. The van der Waals surface area contributed by atoms with Crippen molar-refractivity contribution >= 4 is 18.2 Å². The molecule has 1 N–H and O–H groups in total. The van der Waals surface area contributed by atoms with Gasteiger partial charge in [0.15, 0.2) is 0 Å². The highest BCUT2D eigenvalue weighted by molar-refractivity contribution is 8.03. The number of carbonyl (C=O) groups is 1. The van der Waals surface area contributed by atoms with E-state index in [9.17, 15) is 18.0 Å². The summed E-state index contributed by atoms with van der Waals surface area (Å²) in [5, 5.41) is 2.71. The summed E-state index contributed by atoms with van der Waals surface area (Å²) in [7, 11) is 0. The maximum absolute atomic E-state index is 13.5. The van der Waals surface area contributed by atoms with Crippen LogP contribution in [0.3, 0.4) is 0 Å². The second-order valence-corrected chi connectivity index (χ2v) is 8.61. The van der Waals surface area contributed by atoms with Crippen LogP contribution in [0.15, 0.2) is 53.0 Å². The first-order valence-electron chi connectivity index (χ1n) is 10.2. The van der Waals surface area contributed by atoms with Gasteiger partial charge in [-0.1, -0.05) is 35.6 Å². The average molecular weight is 438 g/mol. The van der Waals surface area contributed by atoms with Crippen molar-refractivity contribution in [3.8, 4) is 5.75 Å². The van der Waals surface area contributed by atoms with E-state index in [4.69, 9.17) is 4.74 Å². The van der Waals surface area contributed by atoms with E-state index in [-0.39, 0.29) is 5.82 Å². The molecule has 30 heavy (non-hydrogen) atoms. The number of allylic oxidation sites excluding steroid dienone is 5. The third-order valence-corrected chi connectivity index (χ3v) is 6.24. The van der Waals surface area contributed by atoms with E-state index < -0.39 is 11.4 Å². The van der Waals surface area contributed by atoms with Crippen molar-refractivity contribution in [2.75, 3.05) is 6.54 Å². The predicted octanol–water partition coefficient (Wildman–Crippen LogP) is 5.92. The Bertz CT molecular complexity index is 838. The summed E-state index contributed by atoms with van der Waals surface area (Å²) in [6.45, 7) is 0.515. The molecule has 0 bridgehead atoms. The molecule has 3 rings (SSSR count). The topological polar surface area (TPSA) is 38.3 Å². The van der Waals surface area contributed by atoms with Crippen LogP contribution in [0.1, 0.15) is 44.1 Å². The van der Waals surface area contributed by atoms with Crippen LogP contribution < -0.4 is 10.1 Å². The lowest BCUT2D eigenvalue weighted by Gasteiger charge is -2.39. The van der Waals surface area contributed by atoms with Crippen LogP contribution in [-0.2, 0) is 11.2 Å². The van der Waals surface area contributed by atoms with Gasteiger partial charge >= 0.3 is 0 Å². The van der Waals surface area contributed by atoms with Gasteiger partial charge in [0, 0.05) is 17.9 Å². The summed E-state index contributed by atoms with van der Waals surface area (Å²) in [6.07, 6.45) is 13.5. The zero-order valence-electron chi connectivity index (χ0n) is 16.7. The molecule has 0 aromatic heterocycles. The van der Waals surface area contributed by atoms with Crippen molar-refractivity contribution in [2.24, 2.45) is 0 Å². The molecule has 3 nitrogen and oxygen atoms in total. The number of halogens is 3. The molecule has 0 spiro atoms. The molecular formula is C23H26F3NO2S. The normalized spacial score (nSPS) is 20.7. The molecule has 1 amide bonds. The molecule has 1 atom stereocenters. The minimum Gasteiger partial charge on any atom is -0.487 e. The molecule has 1 aromatic rings. The first kappa shape index (κ1) is 22.5. The van der Waals surface area contributed by atoms with Crippen molar-refractivity contribution < 1.29 is 22.7 Å². The highest BCUT2D eigenvalue weighted by Crippen LogP contribution is 2.39. The van der Waals surface area contributed by atoms with Gasteiger partial charge in [-0.05, 0) is 68.4 Å². The molecule has 1 aliphatic carbocycles. The quantitative estimate of drug-likeness (QED) is 0.365. The van der Waals surface area contributed by atoms with Crippen LogP contribution in [0.2, 0.25) is 0 Å². The Labute approximate surface area is 179 Å². The van der Waals surface area contributed by atoms with Gasteiger partial charge in [0.1, 0.15) is 17.2 Å². The number of aryl methyl sites for hydroxylation is 1. The van der Waals surface area contributed by atoms with Gasteiger partial charge < -0.3 is 10.1 Å². The maximum Gasteiger partial charge on any atom is 0.288 e. The van der Waals surface area contributed by atoms with E-state index in [2.05, 4.69) is 11.4 Å². The van der Waals surface area contributed by atoms with Crippen LogP contribution in [0.5, 0.6) is 5.75 Å². The molecule has 1 aromatic carbocycles. The monoisotopic (exact) mass is 437 g/mol. The molecule has 0 saturated heterocycles. The molecule has 7 heteroatoms. The molecular weight excluding hydrogens is 411 g/mol. The van der Waals surface area contributed by atoms with E-state index in [0.717, 1.165) is 43.2 Å². The molecule has 0 radical (unpaired) electrons. The summed E-state index contributed by atoms with van der Waals surface area (Å²) in [6, 6.07) is 4.60. The van der Waals surface area contributed by atoms with Gasteiger partial charge in [-0.25, -0.2) is 4.39 Å². The Hall–Kier alpha value is -2.15. The Kier molecular flexibility index (Phi) is 8.08. The number of hydrogen-bond donors (Lipinski definition) is 1. The Morgan fingerprint density at radius 3 is 2.90 bits per heavy atom. The standard InChI is InChI=1S/C23H26F3NO2S/c24-19-7-9-21-18(15-19)10-12-23(29-21,13-14-27-16-28)11-2-4-17-3-1-5-20(8-6-17)30-22(25)26/h3,5-9,15-16,22H,1-2,4,10-14H2,(H,27,28). The highest BCUT2D eigenvalue weighted by Gasteiger charge is 2.35. The fourth-order valence-corrected chi connectivity index (χ4v) is 4.51. The first-order valence-corrected chi connectivity index (χ1v) is 11.0. The molecule has 162 valence electrons. The number of carbonyl (C=O) groups excluding carboxylic acids is 1. The van der Waals surface area contributed by atoms with Gasteiger partial charge in [0.2, 0.25) is 6.41 Å². The number of benzene rings is 1. The number of alkyl halides is 2. The average Bonchev–Trinajstić information content (AvgIpc) is 2.93. The van der Waals surface area contributed by atoms with Crippen LogP contribution in [-0.4, -0.2) is 24.3 Å². The summed E-state index contributed by atoms with van der Waals surface area (Å²) < 4.78 is 45.0. The van der Waals surface area contributed by atoms with Crippen LogP contribution in [0.25, 0.3) is 0 Å². The third-order valence-electron chi connectivity index (χ3n) is 5.49. The number of amides is 1.